The summed E-state index contributed by atoms with van der Waals surface area (Å²) in [4.78, 5) is 23.9. The first-order valence-corrected chi connectivity index (χ1v) is 9.72. The highest BCUT2D eigenvalue weighted by Crippen LogP contribution is 2.23. The highest BCUT2D eigenvalue weighted by atomic mass is 16.5. The first-order valence-electron chi connectivity index (χ1n) is 9.72. The van der Waals surface area contributed by atoms with E-state index < -0.39 is 6.03 Å². The lowest BCUT2D eigenvalue weighted by Crippen LogP contribution is -2.30. The van der Waals surface area contributed by atoms with Crippen LogP contribution in [-0.2, 0) is 6.42 Å². The Kier molecular flexibility index (Phi) is 7.11. The highest BCUT2D eigenvalue weighted by Gasteiger charge is 2.17. The van der Waals surface area contributed by atoms with E-state index in [0.717, 1.165) is 22.6 Å². The molecule has 160 valence electrons. The third-order valence-electron chi connectivity index (χ3n) is 4.84. The standard InChI is InChI=1S/C24H25N3O4/c1-30-20-11-3-16(4-12-20)15-22(17-7-13-21(31-2)14-8-17)27-23(28)18-5-9-19(10-6-18)26-24(25)29/h3-14,22H,15H2,1-2H3,(H,27,28)(H3,25,26,29)/t22-/m0/s1. The molecule has 0 fully saturated rings. The van der Waals surface area contributed by atoms with Gasteiger partial charge in [0.2, 0.25) is 0 Å². The summed E-state index contributed by atoms with van der Waals surface area (Å²) in [6.07, 6.45) is 0.601. The van der Waals surface area contributed by atoms with Crippen LogP contribution in [0.25, 0.3) is 0 Å². The molecule has 0 bridgehead atoms. The smallest absolute Gasteiger partial charge is 0.316 e. The van der Waals surface area contributed by atoms with Crippen LogP contribution in [0.5, 0.6) is 11.5 Å². The van der Waals surface area contributed by atoms with E-state index in [9.17, 15) is 9.59 Å². The van der Waals surface area contributed by atoms with Crippen LogP contribution < -0.4 is 25.8 Å². The van der Waals surface area contributed by atoms with Crippen molar-refractivity contribution in [2.75, 3.05) is 19.5 Å². The van der Waals surface area contributed by atoms with Crippen LogP contribution in [0.3, 0.4) is 0 Å². The van der Waals surface area contributed by atoms with Crippen LogP contribution in [0.2, 0.25) is 0 Å². The summed E-state index contributed by atoms with van der Waals surface area (Å²) in [6, 6.07) is 21.0. The number of hydrogen-bond donors (Lipinski definition) is 3. The number of anilines is 1. The predicted octanol–water partition coefficient (Wildman–Crippen LogP) is 3.91. The monoisotopic (exact) mass is 419 g/mol. The third kappa shape index (κ3) is 5.99. The molecule has 3 rings (SSSR count). The SMILES string of the molecule is COc1ccc(C[C@H](NC(=O)c2ccc(NC(N)=O)cc2)c2ccc(OC)cc2)cc1. The number of hydrogen-bond acceptors (Lipinski definition) is 4. The fraction of sp³-hybridized carbons (Fsp3) is 0.167. The molecule has 1 atom stereocenters. The number of nitrogens with two attached hydrogens (primary N) is 1. The first-order chi connectivity index (χ1) is 15.0. The fourth-order valence-electron chi connectivity index (χ4n) is 3.17. The number of rotatable bonds is 8. The van der Waals surface area contributed by atoms with Crippen molar-refractivity contribution >= 4 is 17.6 Å². The van der Waals surface area contributed by atoms with Crippen LogP contribution in [0, 0.1) is 0 Å². The molecule has 0 spiro atoms. The van der Waals surface area contributed by atoms with Crippen LogP contribution in [0.4, 0.5) is 10.5 Å². The molecule has 3 aromatic carbocycles. The van der Waals surface area contributed by atoms with Crippen molar-refractivity contribution in [1.82, 2.24) is 5.32 Å². The van der Waals surface area contributed by atoms with Gasteiger partial charge in [-0.25, -0.2) is 4.79 Å². The molecule has 0 saturated heterocycles. The zero-order chi connectivity index (χ0) is 22.2. The van der Waals surface area contributed by atoms with Crippen molar-refractivity contribution in [2.24, 2.45) is 5.73 Å². The molecule has 7 nitrogen and oxygen atoms in total. The summed E-state index contributed by atoms with van der Waals surface area (Å²) in [6.45, 7) is 0. The number of ether oxygens (including phenoxy) is 2. The zero-order valence-corrected chi connectivity index (χ0v) is 17.4. The van der Waals surface area contributed by atoms with Gasteiger partial charge in [-0.1, -0.05) is 24.3 Å². The number of amides is 3. The van der Waals surface area contributed by atoms with Gasteiger partial charge in [0.1, 0.15) is 11.5 Å². The maximum Gasteiger partial charge on any atom is 0.316 e. The average molecular weight is 419 g/mol. The molecule has 0 aromatic heterocycles. The Bertz CT molecular complexity index is 1020. The molecule has 4 N–H and O–H groups in total. The Balaban J connectivity index is 1.80. The van der Waals surface area contributed by atoms with E-state index in [4.69, 9.17) is 15.2 Å². The van der Waals surface area contributed by atoms with Crippen LogP contribution in [0.15, 0.2) is 72.8 Å². The minimum Gasteiger partial charge on any atom is -0.497 e. The van der Waals surface area contributed by atoms with Crippen molar-refractivity contribution in [3.63, 3.8) is 0 Å². The van der Waals surface area contributed by atoms with Crippen molar-refractivity contribution in [1.29, 1.82) is 0 Å². The summed E-state index contributed by atoms with van der Waals surface area (Å²) < 4.78 is 10.5. The number of urea groups is 1. The lowest BCUT2D eigenvalue weighted by Gasteiger charge is -2.20. The number of methoxy groups -OCH3 is 2. The van der Waals surface area contributed by atoms with E-state index in [-0.39, 0.29) is 11.9 Å². The minimum absolute atomic E-state index is 0.222. The molecule has 0 aliphatic rings. The molecule has 0 aliphatic carbocycles. The largest absolute Gasteiger partial charge is 0.497 e. The molecule has 7 heteroatoms. The van der Waals surface area contributed by atoms with E-state index in [1.165, 1.54) is 0 Å². The molecule has 0 saturated carbocycles. The maximum absolute atomic E-state index is 12.9. The van der Waals surface area contributed by atoms with E-state index >= 15 is 0 Å². The number of primary amides is 1. The lowest BCUT2D eigenvalue weighted by atomic mass is 9.98. The molecule has 3 aromatic rings. The van der Waals surface area contributed by atoms with E-state index in [1.54, 1.807) is 38.5 Å². The van der Waals surface area contributed by atoms with Crippen LogP contribution in [-0.4, -0.2) is 26.2 Å². The number of carbonyl (C=O) groups is 2. The van der Waals surface area contributed by atoms with Gasteiger partial charge in [0, 0.05) is 11.3 Å². The second kappa shape index (κ2) is 10.2. The Hall–Kier alpha value is -4.00. The van der Waals surface area contributed by atoms with Crippen molar-refractivity contribution in [3.05, 3.63) is 89.5 Å². The quantitative estimate of drug-likeness (QED) is 0.515. The Labute approximate surface area is 181 Å². The van der Waals surface area contributed by atoms with Crippen LogP contribution >= 0.6 is 0 Å². The molecule has 0 unspecified atom stereocenters. The van der Waals surface area contributed by atoms with Crippen molar-refractivity contribution in [2.45, 2.75) is 12.5 Å². The number of nitrogens with one attached hydrogen (secondary N) is 2. The van der Waals surface area contributed by atoms with Gasteiger partial charge in [0.25, 0.3) is 5.91 Å². The topological polar surface area (TPSA) is 103 Å². The lowest BCUT2D eigenvalue weighted by molar-refractivity contribution is 0.0936. The second-order valence-corrected chi connectivity index (χ2v) is 6.92. The van der Waals surface area contributed by atoms with Gasteiger partial charge < -0.3 is 25.8 Å². The summed E-state index contributed by atoms with van der Waals surface area (Å²) in [7, 11) is 3.24. The zero-order valence-electron chi connectivity index (χ0n) is 17.4. The van der Waals surface area contributed by atoms with Gasteiger partial charge in [-0.05, 0) is 66.1 Å². The summed E-state index contributed by atoms with van der Waals surface area (Å²) in [5.41, 5.74) is 8.13. The van der Waals surface area contributed by atoms with Gasteiger partial charge in [-0.3, -0.25) is 4.79 Å². The van der Waals surface area contributed by atoms with Gasteiger partial charge in [-0.2, -0.15) is 0 Å². The Morgan fingerprint density at radius 2 is 1.39 bits per heavy atom. The van der Waals surface area contributed by atoms with Gasteiger partial charge in [-0.15, -0.1) is 0 Å². The fourth-order valence-corrected chi connectivity index (χ4v) is 3.17. The van der Waals surface area contributed by atoms with E-state index in [1.807, 2.05) is 48.5 Å². The van der Waals surface area contributed by atoms with Gasteiger partial charge in [0.05, 0.1) is 20.3 Å². The van der Waals surface area contributed by atoms with Crippen molar-refractivity contribution < 1.29 is 19.1 Å². The summed E-state index contributed by atoms with van der Waals surface area (Å²) >= 11 is 0. The summed E-state index contributed by atoms with van der Waals surface area (Å²) in [5, 5.41) is 5.58. The predicted molar refractivity (Wildman–Crippen MR) is 120 cm³/mol. The van der Waals surface area contributed by atoms with E-state index in [2.05, 4.69) is 10.6 Å². The van der Waals surface area contributed by atoms with Gasteiger partial charge >= 0.3 is 6.03 Å². The Morgan fingerprint density at radius 1 is 0.839 bits per heavy atom. The summed E-state index contributed by atoms with van der Waals surface area (Å²) in [5.74, 6) is 1.30. The van der Waals surface area contributed by atoms with Gasteiger partial charge in [0.15, 0.2) is 0 Å². The maximum atomic E-state index is 12.9. The molecule has 0 heterocycles. The number of benzene rings is 3. The highest BCUT2D eigenvalue weighted by molar-refractivity contribution is 5.95. The van der Waals surface area contributed by atoms with E-state index in [0.29, 0.717) is 17.7 Å². The molecule has 31 heavy (non-hydrogen) atoms. The normalized spacial score (nSPS) is 11.3. The first kappa shape index (κ1) is 21.7. The third-order valence-corrected chi connectivity index (χ3v) is 4.84. The second-order valence-electron chi connectivity index (χ2n) is 6.92. The molecular formula is C24H25N3O4. The number of carbonyl (C=O) groups excluding carboxylic acids is 2. The molecule has 0 radical (unpaired) electrons. The Morgan fingerprint density at radius 3 is 1.90 bits per heavy atom. The molecule has 3 amide bonds. The van der Waals surface area contributed by atoms with Crippen molar-refractivity contribution in [3.8, 4) is 11.5 Å². The molecular weight excluding hydrogens is 394 g/mol. The minimum atomic E-state index is -0.656. The average Bonchev–Trinajstić information content (AvgIpc) is 2.79. The van der Waals surface area contributed by atoms with Crippen LogP contribution in [0.1, 0.15) is 27.5 Å². The molecule has 0 aliphatic heterocycles.